The molecule has 3 N–H and O–H groups in total. The van der Waals surface area contributed by atoms with Gasteiger partial charge < -0.3 is 15.3 Å². The first kappa shape index (κ1) is 23.0. The van der Waals surface area contributed by atoms with Crippen molar-refractivity contribution in [3.63, 3.8) is 0 Å². The van der Waals surface area contributed by atoms with E-state index in [1.807, 2.05) is 13.8 Å². The molecule has 3 aliphatic rings. The quantitative estimate of drug-likeness (QED) is 0.545. The maximum Gasteiger partial charge on any atom is 0.0602 e. The minimum Gasteiger partial charge on any atom is -0.393 e. The van der Waals surface area contributed by atoms with E-state index in [2.05, 4.69) is 26.0 Å². The van der Waals surface area contributed by atoms with Crippen LogP contribution in [0.5, 0.6) is 0 Å². The molecule has 0 spiro atoms. The van der Waals surface area contributed by atoms with Crippen LogP contribution >= 0.6 is 0 Å². The second-order valence-corrected chi connectivity index (χ2v) is 11.3. The van der Waals surface area contributed by atoms with Crippen LogP contribution < -0.4 is 0 Å². The van der Waals surface area contributed by atoms with Gasteiger partial charge in [-0.2, -0.15) is 0 Å². The van der Waals surface area contributed by atoms with Gasteiger partial charge in [0.05, 0.1) is 17.8 Å². The average Bonchev–Trinajstić information content (AvgIpc) is 2.95. The van der Waals surface area contributed by atoms with Crippen molar-refractivity contribution in [3.05, 3.63) is 23.3 Å². The Labute approximate surface area is 178 Å². The standard InChI is InChI=1S/C26H44O3/c1-18(7-5-13-25(2,3)29)23-11-12-24-20(8-6-14-26(23,24)4)10-9-19-15-21(27)17-22(28)16-19/h9-10,18,21-24,27-29H,5-8,11-17H2,1-4H3/b20-10+/t18-,21+,22+,23-,24+,26-/m1/s1. The first-order valence-electron chi connectivity index (χ1n) is 12.1. The van der Waals surface area contributed by atoms with Gasteiger partial charge in [0.1, 0.15) is 0 Å². The Hall–Kier alpha value is -0.640. The lowest BCUT2D eigenvalue weighted by molar-refractivity contribution is 0.0591. The van der Waals surface area contributed by atoms with Gasteiger partial charge in [0, 0.05) is 0 Å². The normalized spacial score (nSPS) is 38.2. The lowest BCUT2D eigenvalue weighted by Crippen LogP contribution is -2.36. The van der Waals surface area contributed by atoms with E-state index in [0.29, 0.717) is 36.5 Å². The molecule has 0 amide bonds. The van der Waals surface area contributed by atoms with E-state index >= 15 is 0 Å². The first-order chi connectivity index (χ1) is 13.6. The molecular weight excluding hydrogens is 360 g/mol. The Morgan fingerprint density at radius 1 is 1.14 bits per heavy atom. The number of allylic oxidation sites excluding steroid dienone is 3. The molecule has 3 aliphatic carbocycles. The van der Waals surface area contributed by atoms with Crippen LogP contribution in [0.4, 0.5) is 0 Å². The summed E-state index contributed by atoms with van der Waals surface area (Å²) in [5.74, 6) is 2.19. The van der Waals surface area contributed by atoms with Gasteiger partial charge in [-0.05, 0) is 94.8 Å². The molecule has 0 aromatic carbocycles. The third-order valence-corrected chi connectivity index (χ3v) is 8.25. The number of hydrogen-bond donors (Lipinski definition) is 3. The van der Waals surface area contributed by atoms with E-state index in [-0.39, 0.29) is 12.2 Å². The van der Waals surface area contributed by atoms with Crippen LogP contribution in [0.1, 0.15) is 98.3 Å². The second kappa shape index (κ2) is 9.24. The summed E-state index contributed by atoms with van der Waals surface area (Å²) in [7, 11) is 0. The fourth-order valence-corrected chi connectivity index (χ4v) is 6.80. The van der Waals surface area contributed by atoms with E-state index in [0.717, 1.165) is 18.8 Å². The molecule has 0 aromatic rings. The topological polar surface area (TPSA) is 60.7 Å². The van der Waals surface area contributed by atoms with Gasteiger partial charge in [-0.15, -0.1) is 0 Å². The van der Waals surface area contributed by atoms with Crippen LogP contribution in [0.25, 0.3) is 0 Å². The maximum absolute atomic E-state index is 10.0. The molecule has 0 aliphatic heterocycles. The minimum absolute atomic E-state index is 0.388. The molecule has 3 fully saturated rings. The van der Waals surface area contributed by atoms with Crippen LogP contribution in [-0.2, 0) is 0 Å². The molecular formula is C26H44O3. The predicted octanol–water partition coefficient (Wildman–Crippen LogP) is 5.54. The number of aliphatic hydroxyl groups is 3. The number of rotatable bonds is 6. The average molecular weight is 405 g/mol. The van der Waals surface area contributed by atoms with Gasteiger partial charge in [0.2, 0.25) is 0 Å². The van der Waals surface area contributed by atoms with Gasteiger partial charge in [-0.25, -0.2) is 0 Å². The molecule has 0 saturated heterocycles. The molecule has 0 heterocycles. The SMILES string of the molecule is C[C@H](CCCC(C)(C)O)[C@H]1CC[C@H]2/C(=C/C=C3C[C@H](O)C[C@@H](O)C3)CCC[C@]12C. The van der Waals surface area contributed by atoms with Crippen molar-refractivity contribution >= 4 is 0 Å². The summed E-state index contributed by atoms with van der Waals surface area (Å²) in [6.45, 7) is 8.81. The molecule has 166 valence electrons. The predicted molar refractivity (Wildman–Crippen MR) is 120 cm³/mol. The smallest absolute Gasteiger partial charge is 0.0602 e. The van der Waals surface area contributed by atoms with Crippen molar-refractivity contribution in [3.8, 4) is 0 Å². The van der Waals surface area contributed by atoms with Crippen molar-refractivity contribution in [2.24, 2.45) is 23.2 Å². The first-order valence-corrected chi connectivity index (χ1v) is 12.1. The Morgan fingerprint density at radius 2 is 1.83 bits per heavy atom. The number of aliphatic hydroxyl groups excluding tert-OH is 2. The fraction of sp³-hybridized carbons (Fsp3) is 0.846. The summed E-state index contributed by atoms with van der Waals surface area (Å²) in [6.07, 6.45) is 15.4. The van der Waals surface area contributed by atoms with Crippen LogP contribution in [-0.4, -0.2) is 33.1 Å². The van der Waals surface area contributed by atoms with Crippen LogP contribution in [0.15, 0.2) is 23.3 Å². The third-order valence-electron chi connectivity index (χ3n) is 8.25. The number of fused-ring (bicyclic) bond motifs is 1. The monoisotopic (exact) mass is 404 g/mol. The largest absolute Gasteiger partial charge is 0.393 e. The van der Waals surface area contributed by atoms with E-state index in [9.17, 15) is 15.3 Å². The Bertz CT molecular complexity index is 602. The Balaban J connectivity index is 1.66. The van der Waals surface area contributed by atoms with Gasteiger partial charge in [-0.3, -0.25) is 0 Å². The van der Waals surface area contributed by atoms with Crippen molar-refractivity contribution in [1.82, 2.24) is 0 Å². The summed E-state index contributed by atoms with van der Waals surface area (Å²) in [5.41, 5.74) is 2.66. The van der Waals surface area contributed by atoms with E-state index < -0.39 is 5.60 Å². The molecule has 3 saturated carbocycles. The van der Waals surface area contributed by atoms with E-state index in [1.54, 1.807) is 5.57 Å². The minimum atomic E-state index is -0.545. The zero-order valence-electron chi connectivity index (χ0n) is 19.2. The molecule has 29 heavy (non-hydrogen) atoms. The zero-order valence-corrected chi connectivity index (χ0v) is 19.2. The molecule has 0 radical (unpaired) electrons. The van der Waals surface area contributed by atoms with Crippen LogP contribution in [0.3, 0.4) is 0 Å². The van der Waals surface area contributed by atoms with Gasteiger partial charge in [-0.1, -0.05) is 50.0 Å². The summed E-state index contributed by atoms with van der Waals surface area (Å²) >= 11 is 0. The van der Waals surface area contributed by atoms with Crippen molar-refractivity contribution in [1.29, 1.82) is 0 Å². The highest BCUT2D eigenvalue weighted by Crippen LogP contribution is 2.59. The zero-order chi connectivity index (χ0) is 21.2. The molecule has 0 bridgehead atoms. The molecule has 0 aromatic heterocycles. The van der Waals surface area contributed by atoms with Crippen LogP contribution in [0.2, 0.25) is 0 Å². The van der Waals surface area contributed by atoms with Crippen LogP contribution in [0, 0.1) is 23.2 Å². The highest BCUT2D eigenvalue weighted by Gasteiger charge is 2.50. The van der Waals surface area contributed by atoms with E-state index in [1.165, 1.54) is 44.1 Å². The van der Waals surface area contributed by atoms with Crippen molar-refractivity contribution < 1.29 is 15.3 Å². The summed E-state index contributed by atoms with van der Waals surface area (Å²) in [6, 6.07) is 0. The van der Waals surface area contributed by atoms with E-state index in [4.69, 9.17) is 0 Å². The summed E-state index contributed by atoms with van der Waals surface area (Å²) in [5, 5.41) is 29.9. The Kier molecular flexibility index (Phi) is 7.34. The van der Waals surface area contributed by atoms with Gasteiger partial charge in [0.25, 0.3) is 0 Å². The lowest BCUT2D eigenvalue weighted by Gasteiger charge is -2.44. The molecule has 3 rings (SSSR count). The summed E-state index contributed by atoms with van der Waals surface area (Å²) < 4.78 is 0. The molecule has 3 nitrogen and oxygen atoms in total. The Morgan fingerprint density at radius 3 is 2.48 bits per heavy atom. The number of hydrogen-bond acceptors (Lipinski definition) is 3. The summed E-state index contributed by atoms with van der Waals surface area (Å²) in [4.78, 5) is 0. The molecule has 6 atom stereocenters. The van der Waals surface area contributed by atoms with Gasteiger partial charge in [0.15, 0.2) is 0 Å². The highest BCUT2D eigenvalue weighted by molar-refractivity contribution is 5.26. The highest BCUT2D eigenvalue weighted by atomic mass is 16.3. The fourth-order valence-electron chi connectivity index (χ4n) is 6.80. The van der Waals surface area contributed by atoms with Gasteiger partial charge >= 0.3 is 0 Å². The molecule has 3 heteroatoms. The molecule has 0 unspecified atom stereocenters. The second-order valence-electron chi connectivity index (χ2n) is 11.3. The lowest BCUT2D eigenvalue weighted by atomic mass is 9.60. The maximum atomic E-state index is 10.0. The van der Waals surface area contributed by atoms with Crippen molar-refractivity contribution in [2.45, 2.75) is 116 Å². The third kappa shape index (κ3) is 5.74. The van der Waals surface area contributed by atoms with Crippen molar-refractivity contribution in [2.75, 3.05) is 0 Å².